The Morgan fingerprint density at radius 1 is 0.861 bits per heavy atom. The molecule has 0 atom stereocenters. The molecule has 0 saturated carbocycles. The van der Waals surface area contributed by atoms with Gasteiger partial charge in [-0.25, -0.2) is 9.97 Å². The number of ether oxygens (including phenoxy) is 3. The SMILES string of the molecule is COc1cc(-c2nc(N3CCC(O)(c4ccc(Cl)cc4)CC3)c3ccccc3n2)cc(OC)c1OC. The van der Waals surface area contributed by atoms with Crippen molar-refractivity contribution in [3.05, 3.63) is 71.2 Å². The molecule has 0 unspecified atom stereocenters. The van der Waals surface area contributed by atoms with Crippen LogP contribution in [0, 0.1) is 0 Å². The molecule has 1 saturated heterocycles. The van der Waals surface area contributed by atoms with Gasteiger partial charge in [-0.2, -0.15) is 0 Å². The fraction of sp³-hybridized carbons (Fsp3) is 0.286. The van der Waals surface area contributed by atoms with Crippen LogP contribution in [0.15, 0.2) is 60.7 Å². The van der Waals surface area contributed by atoms with E-state index in [1.165, 1.54) is 0 Å². The molecule has 1 fully saturated rings. The van der Waals surface area contributed by atoms with Crippen LogP contribution in [0.4, 0.5) is 5.82 Å². The summed E-state index contributed by atoms with van der Waals surface area (Å²) in [7, 11) is 4.75. The molecule has 5 rings (SSSR count). The Balaban J connectivity index is 1.53. The van der Waals surface area contributed by atoms with Crippen LogP contribution in [0.5, 0.6) is 17.2 Å². The van der Waals surface area contributed by atoms with Crippen LogP contribution in [0.3, 0.4) is 0 Å². The number of methoxy groups -OCH3 is 3. The molecule has 8 heteroatoms. The summed E-state index contributed by atoms with van der Waals surface area (Å²) in [5.41, 5.74) is 1.58. The van der Waals surface area contributed by atoms with Crippen molar-refractivity contribution in [3.63, 3.8) is 0 Å². The highest BCUT2D eigenvalue weighted by Gasteiger charge is 2.35. The normalized spacial score (nSPS) is 15.1. The predicted molar refractivity (Wildman–Crippen MR) is 141 cm³/mol. The number of anilines is 1. The lowest BCUT2D eigenvalue weighted by atomic mass is 9.84. The standard InChI is InChI=1S/C28H28ClN3O4/c1-34-23-16-18(17-24(35-2)25(23)36-3)26-30-22-7-5-4-6-21(22)27(31-26)32-14-12-28(33,13-15-32)19-8-10-20(29)11-9-19/h4-11,16-17,33H,12-15H2,1-3H3. The predicted octanol–water partition coefficient (Wildman–Crippen LogP) is 5.46. The van der Waals surface area contributed by atoms with Gasteiger partial charge < -0.3 is 24.2 Å². The minimum absolute atomic E-state index is 0.516. The third kappa shape index (κ3) is 4.40. The Kier molecular flexibility index (Phi) is 6.60. The second-order valence-corrected chi connectivity index (χ2v) is 9.26. The molecule has 0 radical (unpaired) electrons. The van der Waals surface area contributed by atoms with Crippen LogP contribution < -0.4 is 19.1 Å². The van der Waals surface area contributed by atoms with E-state index < -0.39 is 5.60 Å². The number of rotatable bonds is 6. The lowest BCUT2D eigenvalue weighted by Gasteiger charge is -2.39. The zero-order chi connectivity index (χ0) is 25.3. The highest BCUT2D eigenvalue weighted by molar-refractivity contribution is 6.30. The molecular weight excluding hydrogens is 478 g/mol. The average molecular weight is 506 g/mol. The topological polar surface area (TPSA) is 76.9 Å². The lowest BCUT2D eigenvalue weighted by molar-refractivity contribution is 0.0117. The van der Waals surface area contributed by atoms with Crippen molar-refractivity contribution >= 4 is 28.3 Å². The van der Waals surface area contributed by atoms with Gasteiger partial charge in [0.1, 0.15) is 5.82 Å². The quantitative estimate of drug-likeness (QED) is 0.372. The first-order valence-corrected chi connectivity index (χ1v) is 12.1. The Hall–Kier alpha value is -3.55. The van der Waals surface area contributed by atoms with Crippen LogP contribution in [0.2, 0.25) is 5.02 Å². The van der Waals surface area contributed by atoms with E-state index in [0.29, 0.717) is 54.0 Å². The third-order valence-corrected chi connectivity index (χ3v) is 7.03. The Morgan fingerprint density at radius 2 is 1.50 bits per heavy atom. The first kappa shape index (κ1) is 24.2. The van der Waals surface area contributed by atoms with Gasteiger partial charge in [0, 0.05) is 29.1 Å². The zero-order valence-electron chi connectivity index (χ0n) is 20.5. The highest BCUT2D eigenvalue weighted by Crippen LogP contribution is 2.42. The summed E-state index contributed by atoms with van der Waals surface area (Å²) in [4.78, 5) is 12.1. The highest BCUT2D eigenvalue weighted by atomic mass is 35.5. The summed E-state index contributed by atoms with van der Waals surface area (Å²) in [5, 5.41) is 13.0. The van der Waals surface area contributed by atoms with Gasteiger partial charge in [0.05, 0.1) is 32.4 Å². The average Bonchev–Trinajstić information content (AvgIpc) is 2.92. The molecule has 7 nitrogen and oxygen atoms in total. The molecule has 36 heavy (non-hydrogen) atoms. The largest absolute Gasteiger partial charge is 0.493 e. The molecule has 1 aliphatic rings. The van der Waals surface area contributed by atoms with E-state index in [9.17, 15) is 5.11 Å². The van der Waals surface area contributed by atoms with E-state index >= 15 is 0 Å². The van der Waals surface area contributed by atoms with Gasteiger partial charge >= 0.3 is 0 Å². The number of nitrogens with zero attached hydrogens (tertiary/aromatic N) is 3. The van der Waals surface area contributed by atoms with Gasteiger partial charge in [-0.05, 0) is 54.8 Å². The van der Waals surface area contributed by atoms with Crippen molar-refractivity contribution in [2.45, 2.75) is 18.4 Å². The number of aliphatic hydroxyl groups is 1. The van der Waals surface area contributed by atoms with Gasteiger partial charge in [-0.3, -0.25) is 0 Å². The Morgan fingerprint density at radius 3 is 2.11 bits per heavy atom. The van der Waals surface area contributed by atoms with Gasteiger partial charge in [-0.1, -0.05) is 35.9 Å². The fourth-order valence-electron chi connectivity index (χ4n) is 4.78. The molecule has 1 aliphatic heterocycles. The smallest absolute Gasteiger partial charge is 0.203 e. The molecule has 0 spiro atoms. The van der Waals surface area contributed by atoms with Crippen LogP contribution >= 0.6 is 11.6 Å². The summed E-state index contributed by atoms with van der Waals surface area (Å²) < 4.78 is 16.6. The number of fused-ring (bicyclic) bond motifs is 1. The summed E-state index contributed by atoms with van der Waals surface area (Å²) in [5.74, 6) is 2.98. The maximum Gasteiger partial charge on any atom is 0.203 e. The number of para-hydroxylation sites is 1. The zero-order valence-corrected chi connectivity index (χ0v) is 21.2. The Labute approximate surface area is 215 Å². The van der Waals surface area contributed by atoms with Gasteiger partial charge in [0.25, 0.3) is 0 Å². The lowest BCUT2D eigenvalue weighted by Crippen LogP contribution is -2.43. The third-order valence-electron chi connectivity index (χ3n) is 6.78. The van der Waals surface area contributed by atoms with Gasteiger partial charge in [0.15, 0.2) is 17.3 Å². The molecule has 4 aromatic rings. The monoisotopic (exact) mass is 505 g/mol. The minimum Gasteiger partial charge on any atom is -0.493 e. The summed E-state index contributed by atoms with van der Waals surface area (Å²) in [6.07, 6.45) is 1.15. The second-order valence-electron chi connectivity index (χ2n) is 8.83. The number of benzene rings is 3. The van der Waals surface area contributed by atoms with E-state index in [1.54, 1.807) is 21.3 Å². The summed E-state index contributed by atoms with van der Waals surface area (Å²) in [6, 6.07) is 19.1. The number of aromatic nitrogens is 2. The molecule has 1 N–H and O–H groups in total. The molecule has 2 heterocycles. The van der Waals surface area contributed by atoms with E-state index in [1.807, 2.05) is 60.7 Å². The number of hydrogen-bond donors (Lipinski definition) is 1. The van der Waals surface area contributed by atoms with Gasteiger partial charge in [0.2, 0.25) is 5.75 Å². The fourth-order valence-corrected chi connectivity index (χ4v) is 4.90. The summed E-state index contributed by atoms with van der Waals surface area (Å²) >= 11 is 6.05. The van der Waals surface area contributed by atoms with E-state index in [0.717, 1.165) is 27.8 Å². The summed E-state index contributed by atoms with van der Waals surface area (Å²) in [6.45, 7) is 1.30. The van der Waals surface area contributed by atoms with E-state index in [2.05, 4.69) is 4.90 Å². The molecule has 0 aliphatic carbocycles. The maximum absolute atomic E-state index is 11.4. The van der Waals surface area contributed by atoms with Gasteiger partial charge in [-0.15, -0.1) is 0 Å². The molecular formula is C28H28ClN3O4. The molecule has 0 bridgehead atoms. The van der Waals surface area contributed by atoms with Crippen LogP contribution in [-0.2, 0) is 5.60 Å². The first-order valence-electron chi connectivity index (χ1n) is 11.8. The second kappa shape index (κ2) is 9.84. The Bertz CT molecular complexity index is 1360. The van der Waals surface area contributed by atoms with E-state index in [4.69, 9.17) is 35.8 Å². The van der Waals surface area contributed by atoms with Crippen LogP contribution in [-0.4, -0.2) is 49.5 Å². The van der Waals surface area contributed by atoms with Crippen molar-refractivity contribution in [1.29, 1.82) is 0 Å². The van der Waals surface area contributed by atoms with Crippen LogP contribution in [0.1, 0.15) is 18.4 Å². The first-order chi connectivity index (χ1) is 17.5. The maximum atomic E-state index is 11.4. The number of halogens is 1. The molecule has 0 amide bonds. The van der Waals surface area contributed by atoms with Crippen molar-refractivity contribution < 1.29 is 19.3 Å². The number of hydrogen-bond acceptors (Lipinski definition) is 7. The van der Waals surface area contributed by atoms with Crippen LogP contribution in [0.25, 0.3) is 22.3 Å². The van der Waals surface area contributed by atoms with Crippen molar-refractivity contribution in [2.24, 2.45) is 0 Å². The number of piperidine rings is 1. The molecule has 3 aromatic carbocycles. The minimum atomic E-state index is -0.899. The van der Waals surface area contributed by atoms with Crippen molar-refractivity contribution in [2.75, 3.05) is 39.3 Å². The molecule has 186 valence electrons. The van der Waals surface area contributed by atoms with Crippen molar-refractivity contribution in [1.82, 2.24) is 9.97 Å². The van der Waals surface area contributed by atoms with Crippen molar-refractivity contribution in [3.8, 4) is 28.6 Å². The van der Waals surface area contributed by atoms with E-state index in [-0.39, 0.29) is 0 Å². The molecule has 1 aromatic heterocycles.